The molecule has 1 aliphatic heterocycles. The Morgan fingerprint density at radius 2 is 2.00 bits per heavy atom. The van der Waals surface area contributed by atoms with Crippen LogP contribution in [0.4, 0.5) is 13.2 Å². The number of aliphatic hydroxyl groups is 1. The van der Waals surface area contributed by atoms with Gasteiger partial charge in [-0.3, -0.25) is 4.90 Å². The van der Waals surface area contributed by atoms with Gasteiger partial charge in [-0.05, 0) is 81.5 Å². The van der Waals surface area contributed by atoms with Gasteiger partial charge in [0.2, 0.25) is 0 Å². The maximum Gasteiger partial charge on any atom is 0.330 e. The number of carbonyl (C=O) groups excluding carboxylic acids is 1. The number of hydrogen-bond donors (Lipinski definition) is 1. The zero-order valence-corrected chi connectivity index (χ0v) is 21.0. The van der Waals surface area contributed by atoms with E-state index >= 15 is 0 Å². The van der Waals surface area contributed by atoms with Gasteiger partial charge in [-0.25, -0.2) is 18.0 Å². The Morgan fingerprint density at radius 1 is 1.22 bits per heavy atom. The third-order valence-electron chi connectivity index (χ3n) is 6.45. The van der Waals surface area contributed by atoms with Crippen LogP contribution in [0.2, 0.25) is 0 Å². The molecule has 3 atom stereocenters. The van der Waals surface area contributed by atoms with E-state index in [1.807, 2.05) is 6.07 Å². The summed E-state index contributed by atoms with van der Waals surface area (Å²) in [4.78, 5) is 13.8. The Balaban J connectivity index is 1.60. The summed E-state index contributed by atoms with van der Waals surface area (Å²) in [5.74, 6) is -2.90. The molecule has 0 spiro atoms. The SMILES string of the molecule is CCOC(=O)/C=C/c1ccc(F)c(F)c1C(C)OC[C@H](O)CN1CCC[C@H]1Cc1ccc(C)c(F)c1. The number of aryl methyl sites for hydroxylation is 1. The van der Waals surface area contributed by atoms with Crippen LogP contribution in [-0.2, 0) is 20.7 Å². The Hall–Kier alpha value is -2.68. The zero-order valence-electron chi connectivity index (χ0n) is 21.0. The Morgan fingerprint density at radius 3 is 2.72 bits per heavy atom. The fourth-order valence-corrected chi connectivity index (χ4v) is 4.55. The van der Waals surface area contributed by atoms with Crippen molar-refractivity contribution in [3.8, 4) is 0 Å². The maximum absolute atomic E-state index is 14.6. The molecular weight excluding hydrogens is 471 g/mol. The van der Waals surface area contributed by atoms with Crippen LogP contribution in [0.3, 0.4) is 0 Å². The molecular formula is C28H34F3NO4. The van der Waals surface area contributed by atoms with Gasteiger partial charge in [-0.15, -0.1) is 0 Å². The van der Waals surface area contributed by atoms with Crippen LogP contribution in [-0.4, -0.2) is 54.4 Å². The number of likely N-dealkylation sites (tertiary alicyclic amines) is 1. The van der Waals surface area contributed by atoms with Crippen LogP contribution in [0.15, 0.2) is 36.4 Å². The van der Waals surface area contributed by atoms with Crippen molar-refractivity contribution in [3.05, 3.63) is 76.1 Å². The first-order chi connectivity index (χ1) is 17.2. The van der Waals surface area contributed by atoms with E-state index in [2.05, 4.69) is 4.90 Å². The number of halogens is 3. The predicted molar refractivity (Wildman–Crippen MR) is 132 cm³/mol. The van der Waals surface area contributed by atoms with Crippen molar-refractivity contribution < 1.29 is 32.5 Å². The highest BCUT2D eigenvalue weighted by atomic mass is 19.2. The lowest BCUT2D eigenvalue weighted by atomic mass is 10.0. The van der Waals surface area contributed by atoms with Crippen LogP contribution in [0, 0.1) is 24.4 Å². The highest BCUT2D eigenvalue weighted by Crippen LogP contribution is 2.28. The number of aliphatic hydroxyl groups excluding tert-OH is 1. The highest BCUT2D eigenvalue weighted by molar-refractivity contribution is 5.87. The number of ether oxygens (including phenoxy) is 2. The minimum atomic E-state index is -1.06. The Kier molecular flexibility index (Phi) is 10.1. The molecule has 5 nitrogen and oxygen atoms in total. The van der Waals surface area contributed by atoms with Crippen LogP contribution < -0.4 is 0 Å². The molecule has 36 heavy (non-hydrogen) atoms. The summed E-state index contributed by atoms with van der Waals surface area (Å²) in [6, 6.07) is 7.79. The summed E-state index contributed by atoms with van der Waals surface area (Å²) < 4.78 is 53.1. The molecule has 0 bridgehead atoms. The molecule has 1 aliphatic rings. The molecule has 1 heterocycles. The fourth-order valence-electron chi connectivity index (χ4n) is 4.55. The molecule has 0 saturated carbocycles. The topological polar surface area (TPSA) is 59.0 Å². The van der Waals surface area contributed by atoms with Crippen molar-refractivity contribution in [1.82, 2.24) is 4.90 Å². The van der Waals surface area contributed by atoms with Gasteiger partial charge in [0.15, 0.2) is 11.6 Å². The van der Waals surface area contributed by atoms with Gasteiger partial charge < -0.3 is 14.6 Å². The number of β-amino-alcohol motifs (C(OH)–C–C–N with tert-alkyl or cyclic N) is 1. The normalized spacial score (nSPS) is 18.0. The van der Waals surface area contributed by atoms with Gasteiger partial charge in [0.1, 0.15) is 5.82 Å². The van der Waals surface area contributed by atoms with Gasteiger partial charge in [0.25, 0.3) is 0 Å². The molecule has 2 aromatic carbocycles. The van der Waals surface area contributed by atoms with E-state index in [0.717, 1.165) is 37.1 Å². The summed E-state index contributed by atoms with van der Waals surface area (Å²) in [6.45, 7) is 6.25. The summed E-state index contributed by atoms with van der Waals surface area (Å²) in [6.07, 6.45) is 3.40. The molecule has 0 aromatic heterocycles. The Labute approximate surface area is 210 Å². The van der Waals surface area contributed by atoms with Gasteiger partial charge in [-0.1, -0.05) is 18.2 Å². The second-order valence-corrected chi connectivity index (χ2v) is 9.16. The highest BCUT2D eigenvalue weighted by Gasteiger charge is 2.27. The molecule has 1 fully saturated rings. The minimum absolute atomic E-state index is 0.0387. The van der Waals surface area contributed by atoms with E-state index in [9.17, 15) is 23.1 Å². The average molecular weight is 506 g/mol. The second kappa shape index (κ2) is 13.0. The van der Waals surface area contributed by atoms with E-state index in [1.165, 1.54) is 12.1 Å². The fraction of sp³-hybridized carbons (Fsp3) is 0.464. The van der Waals surface area contributed by atoms with E-state index in [-0.39, 0.29) is 36.2 Å². The molecule has 0 aliphatic carbocycles. The number of hydrogen-bond acceptors (Lipinski definition) is 5. The maximum atomic E-state index is 14.6. The van der Waals surface area contributed by atoms with Gasteiger partial charge in [0.05, 0.1) is 25.4 Å². The second-order valence-electron chi connectivity index (χ2n) is 9.16. The number of esters is 1. The van der Waals surface area contributed by atoms with Crippen LogP contribution in [0.25, 0.3) is 6.08 Å². The van der Waals surface area contributed by atoms with Crippen molar-refractivity contribution in [1.29, 1.82) is 0 Å². The number of benzene rings is 2. The van der Waals surface area contributed by atoms with Crippen LogP contribution >= 0.6 is 0 Å². The lowest BCUT2D eigenvalue weighted by molar-refractivity contribution is -0.137. The average Bonchev–Trinajstić information content (AvgIpc) is 3.27. The zero-order chi connectivity index (χ0) is 26.2. The molecule has 3 rings (SSSR count). The van der Waals surface area contributed by atoms with Crippen molar-refractivity contribution in [2.24, 2.45) is 0 Å². The number of rotatable bonds is 11. The van der Waals surface area contributed by atoms with Gasteiger partial charge in [-0.2, -0.15) is 0 Å². The standard InChI is InChI=1S/C28H34F3NO4/c1-4-35-26(34)12-10-21-9-11-24(29)28(31)27(21)19(3)36-17-23(33)16-32-13-5-6-22(32)14-20-8-7-18(2)25(30)15-20/h7-12,15,19,22-23,33H,4-6,13-14,16-17H2,1-3H3/b12-10+/t19?,22-,23+/m0/s1. The summed E-state index contributed by atoms with van der Waals surface area (Å²) in [5, 5.41) is 10.6. The smallest absolute Gasteiger partial charge is 0.330 e. The monoisotopic (exact) mass is 505 g/mol. The molecule has 1 unspecified atom stereocenters. The quantitative estimate of drug-likeness (QED) is 0.339. The van der Waals surface area contributed by atoms with E-state index < -0.39 is 29.8 Å². The first-order valence-electron chi connectivity index (χ1n) is 12.3. The number of nitrogens with zero attached hydrogens (tertiary/aromatic N) is 1. The van der Waals surface area contributed by atoms with Crippen LogP contribution in [0.5, 0.6) is 0 Å². The van der Waals surface area contributed by atoms with Crippen LogP contribution in [0.1, 0.15) is 55.0 Å². The summed E-state index contributed by atoms with van der Waals surface area (Å²) >= 11 is 0. The lowest BCUT2D eigenvalue weighted by Crippen LogP contribution is -2.39. The summed E-state index contributed by atoms with van der Waals surface area (Å²) in [7, 11) is 0. The minimum Gasteiger partial charge on any atom is -0.463 e. The van der Waals surface area contributed by atoms with Crippen molar-refractivity contribution in [2.75, 3.05) is 26.3 Å². The van der Waals surface area contributed by atoms with E-state index in [0.29, 0.717) is 18.5 Å². The van der Waals surface area contributed by atoms with Gasteiger partial charge >= 0.3 is 5.97 Å². The molecule has 0 radical (unpaired) electrons. The molecule has 1 saturated heterocycles. The molecule has 196 valence electrons. The lowest BCUT2D eigenvalue weighted by Gasteiger charge is -2.27. The number of carbonyl (C=O) groups is 1. The molecule has 1 N–H and O–H groups in total. The summed E-state index contributed by atoms with van der Waals surface area (Å²) in [5.41, 5.74) is 1.77. The third kappa shape index (κ3) is 7.41. The first kappa shape index (κ1) is 27.9. The predicted octanol–water partition coefficient (Wildman–Crippen LogP) is 5.13. The largest absolute Gasteiger partial charge is 0.463 e. The van der Waals surface area contributed by atoms with Crippen molar-refractivity contribution in [2.45, 2.75) is 58.3 Å². The third-order valence-corrected chi connectivity index (χ3v) is 6.45. The van der Waals surface area contributed by atoms with Crippen molar-refractivity contribution in [3.63, 3.8) is 0 Å². The first-order valence-corrected chi connectivity index (χ1v) is 12.3. The molecule has 8 heteroatoms. The van der Waals surface area contributed by atoms with E-state index in [1.54, 1.807) is 32.9 Å². The molecule has 0 amide bonds. The molecule has 2 aromatic rings. The van der Waals surface area contributed by atoms with E-state index in [4.69, 9.17) is 9.47 Å². The van der Waals surface area contributed by atoms with Gasteiger partial charge in [0, 0.05) is 24.2 Å². The Bertz CT molecular complexity index is 1080. The van der Waals surface area contributed by atoms with Crippen molar-refractivity contribution >= 4 is 12.0 Å².